The first-order valence-electron chi connectivity index (χ1n) is 5.86. The number of sulfonamides is 1. The van der Waals surface area contributed by atoms with Crippen LogP contribution < -0.4 is 4.31 Å². The highest BCUT2D eigenvalue weighted by Gasteiger charge is 2.31. The molecule has 1 aromatic carbocycles. The Labute approximate surface area is 113 Å². The second kappa shape index (κ2) is 4.51. The van der Waals surface area contributed by atoms with E-state index in [0.717, 1.165) is 16.4 Å². The van der Waals surface area contributed by atoms with Crippen molar-refractivity contribution in [2.45, 2.75) is 17.9 Å². The summed E-state index contributed by atoms with van der Waals surface area (Å²) in [5.41, 5.74) is 0. The van der Waals surface area contributed by atoms with Gasteiger partial charge in [0.1, 0.15) is 6.33 Å². The molecule has 0 spiro atoms. The lowest BCUT2D eigenvalue weighted by Gasteiger charge is -2.27. The smallest absolute Gasteiger partial charge is 0.234 e. The summed E-state index contributed by atoms with van der Waals surface area (Å²) in [7, 11) is -3.98. The van der Waals surface area contributed by atoms with E-state index in [4.69, 9.17) is 0 Å². The lowest BCUT2D eigenvalue weighted by Crippen LogP contribution is -2.38. The van der Waals surface area contributed by atoms with E-state index < -0.39 is 21.7 Å². The summed E-state index contributed by atoms with van der Waals surface area (Å²) in [4.78, 5) is 3.59. The number of hydrogen-bond acceptors (Lipinski definition) is 4. The maximum absolute atomic E-state index is 13.2. The van der Waals surface area contributed by atoms with E-state index in [-0.39, 0.29) is 17.4 Å². The standard InChI is InChI=1S/C11H10F2N4O2S/c12-9-3-2-8(6-10(9)13)20(18,19)17-5-1-4-16-11(17)14-7-15-16/h2-3,6-7H,1,4-5H2. The average Bonchev–Trinajstić information content (AvgIpc) is 2.89. The molecule has 2 heterocycles. The van der Waals surface area contributed by atoms with Crippen molar-refractivity contribution in [2.24, 2.45) is 0 Å². The quantitative estimate of drug-likeness (QED) is 0.834. The molecule has 0 radical (unpaired) electrons. The van der Waals surface area contributed by atoms with Gasteiger partial charge in [0.2, 0.25) is 5.95 Å². The van der Waals surface area contributed by atoms with Gasteiger partial charge < -0.3 is 0 Å². The van der Waals surface area contributed by atoms with Crippen molar-refractivity contribution in [1.82, 2.24) is 14.8 Å². The molecule has 0 aliphatic carbocycles. The molecule has 1 aliphatic rings. The number of anilines is 1. The minimum atomic E-state index is -3.98. The Balaban J connectivity index is 2.07. The van der Waals surface area contributed by atoms with Gasteiger partial charge in [-0.1, -0.05) is 0 Å². The Hall–Kier alpha value is -2.03. The monoisotopic (exact) mass is 300 g/mol. The first-order valence-corrected chi connectivity index (χ1v) is 7.30. The zero-order chi connectivity index (χ0) is 14.3. The fourth-order valence-electron chi connectivity index (χ4n) is 2.07. The summed E-state index contributed by atoms with van der Waals surface area (Å²) in [6, 6.07) is 2.49. The van der Waals surface area contributed by atoms with Crippen molar-refractivity contribution in [3.8, 4) is 0 Å². The van der Waals surface area contributed by atoms with Crippen LogP contribution in [-0.4, -0.2) is 29.7 Å². The van der Waals surface area contributed by atoms with Crippen LogP contribution >= 0.6 is 0 Å². The van der Waals surface area contributed by atoms with Gasteiger partial charge in [-0.2, -0.15) is 10.1 Å². The van der Waals surface area contributed by atoms with E-state index in [1.807, 2.05) is 0 Å². The molecule has 0 fully saturated rings. The number of halogens is 2. The summed E-state index contributed by atoms with van der Waals surface area (Å²) in [6.07, 6.45) is 1.83. The fourth-order valence-corrected chi connectivity index (χ4v) is 3.54. The molecule has 9 heteroatoms. The molecule has 6 nitrogen and oxygen atoms in total. The fraction of sp³-hybridized carbons (Fsp3) is 0.273. The average molecular weight is 300 g/mol. The van der Waals surface area contributed by atoms with Gasteiger partial charge in [-0.15, -0.1) is 0 Å². The van der Waals surface area contributed by atoms with Crippen molar-refractivity contribution in [1.29, 1.82) is 0 Å². The van der Waals surface area contributed by atoms with Crippen LogP contribution in [0.1, 0.15) is 6.42 Å². The van der Waals surface area contributed by atoms with Crippen LogP contribution in [0, 0.1) is 11.6 Å². The van der Waals surface area contributed by atoms with Gasteiger partial charge in [0.15, 0.2) is 11.6 Å². The molecule has 1 aromatic heterocycles. The van der Waals surface area contributed by atoms with Crippen molar-refractivity contribution in [3.05, 3.63) is 36.2 Å². The van der Waals surface area contributed by atoms with Crippen molar-refractivity contribution < 1.29 is 17.2 Å². The summed E-state index contributed by atoms with van der Waals surface area (Å²) >= 11 is 0. The third kappa shape index (κ3) is 1.94. The summed E-state index contributed by atoms with van der Waals surface area (Å²) in [5.74, 6) is -2.11. The molecule has 0 saturated carbocycles. The van der Waals surface area contributed by atoms with Crippen molar-refractivity contribution in [3.63, 3.8) is 0 Å². The maximum atomic E-state index is 13.2. The van der Waals surface area contributed by atoms with E-state index in [1.165, 1.54) is 11.0 Å². The van der Waals surface area contributed by atoms with E-state index in [2.05, 4.69) is 10.1 Å². The van der Waals surface area contributed by atoms with E-state index in [0.29, 0.717) is 19.0 Å². The molecule has 20 heavy (non-hydrogen) atoms. The second-order valence-corrected chi connectivity index (χ2v) is 6.15. The normalized spacial score (nSPS) is 15.2. The third-order valence-electron chi connectivity index (χ3n) is 3.03. The highest BCUT2D eigenvalue weighted by Crippen LogP contribution is 2.25. The largest absolute Gasteiger partial charge is 0.266 e. The Bertz CT molecular complexity index is 760. The molecule has 106 valence electrons. The zero-order valence-corrected chi connectivity index (χ0v) is 11.0. The van der Waals surface area contributed by atoms with Gasteiger partial charge in [-0.25, -0.2) is 26.2 Å². The van der Waals surface area contributed by atoms with Crippen LogP contribution in [0.5, 0.6) is 0 Å². The number of nitrogens with zero attached hydrogens (tertiary/aromatic N) is 4. The third-order valence-corrected chi connectivity index (χ3v) is 4.80. The molecular weight excluding hydrogens is 290 g/mol. The van der Waals surface area contributed by atoms with Gasteiger partial charge in [0, 0.05) is 13.1 Å². The number of aryl methyl sites for hydroxylation is 1. The van der Waals surface area contributed by atoms with E-state index in [1.54, 1.807) is 0 Å². The molecule has 3 rings (SSSR count). The molecule has 0 N–H and O–H groups in total. The summed E-state index contributed by atoms with van der Waals surface area (Å²) in [5, 5.41) is 3.91. The summed E-state index contributed by atoms with van der Waals surface area (Å²) < 4.78 is 53.6. The van der Waals surface area contributed by atoms with Crippen molar-refractivity contribution in [2.75, 3.05) is 10.8 Å². The lowest BCUT2D eigenvalue weighted by molar-refractivity contribution is 0.503. The Kier molecular flexibility index (Phi) is 2.93. The topological polar surface area (TPSA) is 68.1 Å². The van der Waals surface area contributed by atoms with Crippen LogP contribution in [0.4, 0.5) is 14.7 Å². The van der Waals surface area contributed by atoms with Gasteiger partial charge in [-0.05, 0) is 24.6 Å². The Morgan fingerprint density at radius 1 is 1.15 bits per heavy atom. The van der Waals surface area contributed by atoms with Crippen LogP contribution in [0.25, 0.3) is 0 Å². The van der Waals surface area contributed by atoms with E-state index >= 15 is 0 Å². The Morgan fingerprint density at radius 2 is 1.95 bits per heavy atom. The molecule has 0 unspecified atom stereocenters. The number of benzene rings is 1. The minimum absolute atomic E-state index is 0.181. The number of rotatable bonds is 2. The van der Waals surface area contributed by atoms with Crippen molar-refractivity contribution >= 4 is 16.0 Å². The second-order valence-electron chi connectivity index (χ2n) is 4.29. The predicted octanol–water partition coefficient (Wildman–Crippen LogP) is 1.16. The number of aromatic nitrogens is 3. The molecule has 0 bridgehead atoms. The number of fused-ring (bicyclic) bond motifs is 1. The molecule has 1 aliphatic heterocycles. The van der Waals surface area contributed by atoms with Gasteiger partial charge >= 0.3 is 0 Å². The maximum Gasteiger partial charge on any atom is 0.266 e. The van der Waals surface area contributed by atoms with Crippen LogP contribution in [-0.2, 0) is 16.6 Å². The first kappa shape index (κ1) is 13.0. The lowest BCUT2D eigenvalue weighted by atomic mass is 10.3. The Morgan fingerprint density at radius 3 is 2.70 bits per heavy atom. The SMILES string of the molecule is O=S(=O)(c1ccc(F)c(F)c1)N1CCCn2ncnc21. The molecule has 0 amide bonds. The molecule has 0 atom stereocenters. The zero-order valence-electron chi connectivity index (χ0n) is 10.2. The summed E-state index contributed by atoms with van der Waals surface area (Å²) in [6.45, 7) is 0.791. The van der Waals surface area contributed by atoms with Gasteiger partial charge in [0.25, 0.3) is 10.0 Å². The van der Waals surface area contributed by atoms with Crippen LogP contribution in [0.3, 0.4) is 0 Å². The molecule has 0 saturated heterocycles. The minimum Gasteiger partial charge on any atom is -0.234 e. The first-order chi connectivity index (χ1) is 9.50. The molecular formula is C11H10F2N4O2S. The molecule has 2 aromatic rings. The van der Waals surface area contributed by atoms with E-state index in [9.17, 15) is 17.2 Å². The number of hydrogen-bond donors (Lipinski definition) is 0. The van der Waals surface area contributed by atoms with Gasteiger partial charge in [-0.3, -0.25) is 0 Å². The predicted molar refractivity (Wildman–Crippen MR) is 65.5 cm³/mol. The highest BCUT2D eigenvalue weighted by molar-refractivity contribution is 7.92. The van der Waals surface area contributed by atoms with Gasteiger partial charge in [0.05, 0.1) is 4.90 Å². The van der Waals surface area contributed by atoms with Crippen LogP contribution in [0.15, 0.2) is 29.4 Å². The highest BCUT2D eigenvalue weighted by atomic mass is 32.2. The van der Waals surface area contributed by atoms with Crippen LogP contribution in [0.2, 0.25) is 0 Å².